The molecule has 1 atom stereocenters. The molecule has 5 nitrogen and oxygen atoms in total. The molecule has 146 valence electrons. The predicted molar refractivity (Wildman–Crippen MR) is 107 cm³/mol. The van der Waals surface area contributed by atoms with Crippen LogP contribution >= 0.6 is 0 Å². The van der Waals surface area contributed by atoms with Crippen LogP contribution in [-0.2, 0) is 11.3 Å². The van der Waals surface area contributed by atoms with Crippen molar-refractivity contribution in [1.82, 2.24) is 4.90 Å². The molecule has 0 N–H and O–H groups in total. The van der Waals surface area contributed by atoms with E-state index in [2.05, 4.69) is 13.0 Å². The molecule has 1 amide bonds. The van der Waals surface area contributed by atoms with Crippen LogP contribution < -0.4 is 4.74 Å². The van der Waals surface area contributed by atoms with Gasteiger partial charge in [0.1, 0.15) is 12.4 Å². The van der Waals surface area contributed by atoms with Gasteiger partial charge in [-0.15, -0.1) is 0 Å². The van der Waals surface area contributed by atoms with Crippen LogP contribution in [0.2, 0.25) is 0 Å². The van der Waals surface area contributed by atoms with Gasteiger partial charge in [-0.05, 0) is 55.2 Å². The molecular weight excluding hydrogens is 352 g/mol. The van der Waals surface area contributed by atoms with Gasteiger partial charge in [0.25, 0.3) is 5.91 Å². The second-order valence-electron chi connectivity index (χ2n) is 7.01. The molecule has 0 saturated carbocycles. The van der Waals surface area contributed by atoms with E-state index in [9.17, 15) is 4.79 Å². The minimum Gasteiger partial charge on any atom is -0.491 e. The Morgan fingerprint density at radius 3 is 2.79 bits per heavy atom. The average molecular weight is 378 g/mol. The lowest BCUT2D eigenvalue weighted by Crippen LogP contribution is -2.31. The molecule has 2 aromatic rings. The number of ether oxygens (including phenoxy) is 2. The van der Waals surface area contributed by atoms with E-state index in [1.807, 2.05) is 35.2 Å². The van der Waals surface area contributed by atoms with Crippen molar-refractivity contribution in [3.8, 4) is 11.8 Å². The molecule has 3 rings (SSSR count). The van der Waals surface area contributed by atoms with Gasteiger partial charge in [-0.2, -0.15) is 5.26 Å². The Morgan fingerprint density at radius 2 is 2.11 bits per heavy atom. The summed E-state index contributed by atoms with van der Waals surface area (Å²) in [5.41, 5.74) is 2.24. The summed E-state index contributed by atoms with van der Waals surface area (Å²) in [6, 6.07) is 16.8. The van der Waals surface area contributed by atoms with Gasteiger partial charge in [-0.3, -0.25) is 4.79 Å². The van der Waals surface area contributed by atoms with Crippen molar-refractivity contribution < 1.29 is 14.3 Å². The Kier molecular flexibility index (Phi) is 7.05. The fourth-order valence-electron chi connectivity index (χ4n) is 3.29. The van der Waals surface area contributed by atoms with Gasteiger partial charge in [0.2, 0.25) is 0 Å². The van der Waals surface area contributed by atoms with E-state index in [0.717, 1.165) is 31.4 Å². The smallest absolute Gasteiger partial charge is 0.254 e. The van der Waals surface area contributed by atoms with Crippen LogP contribution in [0.1, 0.15) is 47.7 Å². The lowest BCUT2D eigenvalue weighted by molar-refractivity contribution is 0.0677. The highest BCUT2D eigenvalue weighted by atomic mass is 16.5. The highest BCUT2D eigenvalue weighted by Crippen LogP contribution is 2.19. The summed E-state index contributed by atoms with van der Waals surface area (Å²) in [4.78, 5) is 14.9. The second-order valence-corrected chi connectivity index (χ2v) is 7.01. The molecular formula is C23H26N2O3. The molecule has 1 saturated heterocycles. The van der Waals surface area contributed by atoms with E-state index in [1.165, 1.54) is 0 Å². The summed E-state index contributed by atoms with van der Waals surface area (Å²) < 4.78 is 11.4. The number of nitrogens with zero attached hydrogens (tertiary/aromatic N) is 2. The van der Waals surface area contributed by atoms with E-state index in [1.54, 1.807) is 18.2 Å². The van der Waals surface area contributed by atoms with E-state index < -0.39 is 0 Å². The largest absolute Gasteiger partial charge is 0.491 e. The van der Waals surface area contributed by atoms with Crippen LogP contribution in [0.5, 0.6) is 5.75 Å². The zero-order chi connectivity index (χ0) is 19.8. The summed E-state index contributed by atoms with van der Waals surface area (Å²) in [6.45, 7) is 4.55. The average Bonchev–Trinajstić information content (AvgIpc) is 3.26. The molecule has 1 fully saturated rings. The van der Waals surface area contributed by atoms with Crippen LogP contribution in [-0.4, -0.2) is 36.7 Å². The summed E-state index contributed by atoms with van der Waals surface area (Å²) in [5, 5.41) is 8.94. The van der Waals surface area contributed by atoms with Crippen molar-refractivity contribution in [2.24, 2.45) is 0 Å². The van der Waals surface area contributed by atoms with Crippen molar-refractivity contribution in [3.63, 3.8) is 0 Å². The minimum atomic E-state index is -0.0197. The first-order valence-electron chi connectivity index (χ1n) is 9.82. The third-order valence-corrected chi connectivity index (χ3v) is 4.78. The molecule has 0 bridgehead atoms. The maximum atomic E-state index is 13.1. The van der Waals surface area contributed by atoms with Crippen LogP contribution in [0, 0.1) is 11.3 Å². The monoisotopic (exact) mass is 378 g/mol. The predicted octanol–water partition coefficient (Wildman–Crippen LogP) is 4.17. The van der Waals surface area contributed by atoms with E-state index in [4.69, 9.17) is 14.7 Å². The van der Waals surface area contributed by atoms with E-state index >= 15 is 0 Å². The first-order chi connectivity index (χ1) is 13.7. The zero-order valence-electron chi connectivity index (χ0n) is 16.3. The molecule has 0 spiro atoms. The fourth-order valence-corrected chi connectivity index (χ4v) is 3.29. The fraction of sp³-hybridized carbons (Fsp3) is 0.391. The number of carbonyl (C=O) groups is 1. The van der Waals surface area contributed by atoms with Crippen LogP contribution in [0.3, 0.4) is 0 Å². The Bertz CT molecular complexity index is 820. The van der Waals surface area contributed by atoms with Crippen molar-refractivity contribution >= 4 is 5.91 Å². The number of hydrogen-bond acceptors (Lipinski definition) is 4. The molecule has 28 heavy (non-hydrogen) atoms. The summed E-state index contributed by atoms with van der Waals surface area (Å²) >= 11 is 0. The number of nitriles is 1. The molecule has 5 heteroatoms. The maximum absolute atomic E-state index is 13.1. The second kappa shape index (κ2) is 9.91. The van der Waals surface area contributed by atoms with Crippen molar-refractivity contribution in [1.29, 1.82) is 5.26 Å². The van der Waals surface area contributed by atoms with Crippen molar-refractivity contribution in [2.75, 3.05) is 19.8 Å². The minimum absolute atomic E-state index is 0.0197. The highest BCUT2D eigenvalue weighted by Gasteiger charge is 2.18. The van der Waals surface area contributed by atoms with Gasteiger partial charge in [-0.1, -0.05) is 25.1 Å². The molecule has 0 aromatic heterocycles. The zero-order valence-corrected chi connectivity index (χ0v) is 16.3. The standard InChI is InChI=1S/C23H26N2O3/c1-2-12-25(16-19-10-8-18(15-24)9-11-19)23(26)20-5-3-6-21(14-20)28-17-22-7-4-13-27-22/h3,5-6,8-11,14,22H,2,4,7,12-13,16-17H2,1H3. The number of benzene rings is 2. The maximum Gasteiger partial charge on any atom is 0.254 e. The van der Waals surface area contributed by atoms with Crippen molar-refractivity contribution in [3.05, 3.63) is 65.2 Å². The third kappa shape index (κ3) is 5.34. The molecule has 1 aliphatic rings. The van der Waals surface area contributed by atoms with Gasteiger partial charge in [0, 0.05) is 25.3 Å². The van der Waals surface area contributed by atoms with Gasteiger partial charge in [0.05, 0.1) is 17.7 Å². The van der Waals surface area contributed by atoms with Crippen molar-refractivity contribution in [2.45, 2.75) is 38.8 Å². The highest BCUT2D eigenvalue weighted by molar-refractivity contribution is 5.94. The molecule has 1 unspecified atom stereocenters. The number of hydrogen-bond donors (Lipinski definition) is 0. The Morgan fingerprint density at radius 1 is 1.29 bits per heavy atom. The molecule has 1 aliphatic heterocycles. The number of amides is 1. The Balaban J connectivity index is 1.67. The number of rotatable bonds is 8. The third-order valence-electron chi connectivity index (χ3n) is 4.78. The van der Waals surface area contributed by atoms with Gasteiger partial charge < -0.3 is 14.4 Å². The van der Waals surface area contributed by atoms with E-state index in [0.29, 0.717) is 36.6 Å². The first-order valence-corrected chi connectivity index (χ1v) is 9.82. The summed E-state index contributed by atoms with van der Waals surface area (Å²) in [6.07, 6.45) is 3.12. The van der Waals surface area contributed by atoms with Crippen LogP contribution in [0.15, 0.2) is 48.5 Å². The SMILES string of the molecule is CCCN(Cc1ccc(C#N)cc1)C(=O)c1cccc(OCC2CCCO2)c1. The van der Waals surface area contributed by atoms with Crippen LogP contribution in [0.4, 0.5) is 0 Å². The lowest BCUT2D eigenvalue weighted by atomic mass is 10.1. The topological polar surface area (TPSA) is 62.6 Å². The molecule has 2 aromatic carbocycles. The summed E-state index contributed by atoms with van der Waals surface area (Å²) in [5.74, 6) is 0.671. The normalized spacial score (nSPS) is 15.8. The Labute approximate surface area is 166 Å². The molecule has 0 radical (unpaired) electrons. The molecule has 0 aliphatic carbocycles. The number of carbonyl (C=O) groups excluding carboxylic acids is 1. The van der Waals surface area contributed by atoms with Gasteiger partial charge in [-0.25, -0.2) is 0 Å². The first kappa shape index (κ1) is 19.9. The van der Waals surface area contributed by atoms with E-state index in [-0.39, 0.29) is 12.0 Å². The van der Waals surface area contributed by atoms with Crippen LogP contribution in [0.25, 0.3) is 0 Å². The molecule has 1 heterocycles. The Hall–Kier alpha value is -2.84. The lowest BCUT2D eigenvalue weighted by Gasteiger charge is -2.23. The van der Waals surface area contributed by atoms with Gasteiger partial charge in [0.15, 0.2) is 0 Å². The quantitative estimate of drug-likeness (QED) is 0.692. The summed E-state index contributed by atoms with van der Waals surface area (Å²) in [7, 11) is 0. The van der Waals surface area contributed by atoms with Gasteiger partial charge >= 0.3 is 0 Å².